The Hall–Kier alpha value is -1.45. The highest BCUT2D eigenvalue weighted by atomic mass is 19.1. The minimum Gasteiger partial charge on any atom is -0.324 e. The van der Waals surface area contributed by atoms with Gasteiger partial charge in [0.25, 0.3) is 0 Å². The van der Waals surface area contributed by atoms with E-state index in [2.05, 4.69) is 10.3 Å². The van der Waals surface area contributed by atoms with Crippen LogP contribution in [0.4, 0.5) is 10.1 Å². The molecular weight excluding hydrogens is 219 g/mol. The Morgan fingerprint density at radius 1 is 1.47 bits per heavy atom. The Bertz CT molecular complexity index is 396. The van der Waals surface area contributed by atoms with E-state index in [9.17, 15) is 9.18 Å². The van der Waals surface area contributed by atoms with Gasteiger partial charge in [-0.1, -0.05) is 19.8 Å². The molecule has 3 nitrogen and oxygen atoms in total. The van der Waals surface area contributed by atoms with Crippen molar-refractivity contribution in [3.8, 4) is 0 Å². The number of rotatable bonds is 3. The summed E-state index contributed by atoms with van der Waals surface area (Å²) < 4.78 is 12.6. The van der Waals surface area contributed by atoms with E-state index in [0.29, 0.717) is 5.69 Å². The van der Waals surface area contributed by atoms with Crippen LogP contribution in [0, 0.1) is 11.4 Å². The largest absolute Gasteiger partial charge is 0.324 e. The van der Waals surface area contributed by atoms with Crippen LogP contribution >= 0.6 is 0 Å². The average Bonchev–Trinajstić information content (AvgIpc) is 2.82. The molecule has 1 heterocycles. The normalized spacial score (nSPS) is 18.0. The summed E-state index contributed by atoms with van der Waals surface area (Å²) in [7, 11) is 0. The highest BCUT2D eigenvalue weighted by Gasteiger charge is 2.39. The first-order chi connectivity index (χ1) is 8.16. The summed E-state index contributed by atoms with van der Waals surface area (Å²) in [4.78, 5) is 15.7. The van der Waals surface area contributed by atoms with Gasteiger partial charge in [-0.2, -0.15) is 4.39 Å². The van der Waals surface area contributed by atoms with E-state index < -0.39 is 5.95 Å². The van der Waals surface area contributed by atoms with Crippen LogP contribution in [0.25, 0.3) is 0 Å². The summed E-state index contributed by atoms with van der Waals surface area (Å²) in [5.74, 6) is -0.486. The second-order valence-electron chi connectivity index (χ2n) is 4.66. The molecule has 1 aliphatic carbocycles. The molecule has 4 heteroatoms. The second-order valence-corrected chi connectivity index (χ2v) is 4.66. The monoisotopic (exact) mass is 236 g/mol. The van der Waals surface area contributed by atoms with Crippen LogP contribution in [0.3, 0.4) is 0 Å². The molecule has 1 saturated carbocycles. The molecule has 0 aliphatic heterocycles. The molecule has 2 rings (SSSR count). The number of pyridine rings is 1. The predicted molar refractivity (Wildman–Crippen MR) is 64.0 cm³/mol. The lowest BCUT2D eigenvalue weighted by Gasteiger charge is -2.25. The molecule has 1 amide bonds. The molecule has 1 aromatic rings. The molecule has 0 spiro atoms. The number of nitrogens with one attached hydrogen (secondary N) is 1. The second kappa shape index (κ2) is 4.82. The van der Waals surface area contributed by atoms with Gasteiger partial charge in [0.1, 0.15) is 0 Å². The number of anilines is 1. The molecule has 17 heavy (non-hydrogen) atoms. The SMILES string of the molecule is CCC1(C(=O)Nc2ccc(F)nc2)CCCC1. The summed E-state index contributed by atoms with van der Waals surface area (Å²) in [5, 5.41) is 2.83. The van der Waals surface area contributed by atoms with Crippen molar-refractivity contribution in [1.82, 2.24) is 4.98 Å². The fraction of sp³-hybridized carbons (Fsp3) is 0.538. The summed E-state index contributed by atoms with van der Waals surface area (Å²) in [5.41, 5.74) is 0.338. The van der Waals surface area contributed by atoms with Crippen LogP contribution in [0.1, 0.15) is 39.0 Å². The number of halogens is 1. The molecule has 0 bridgehead atoms. The predicted octanol–water partition coefficient (Wildman–Crippen LogP) is 3.13. The molecule has 0 radical (unpaired) electrons. The number of aromatic nitrogens is 1. The van der Waals surface area contributed by atoms with Crippen molar-refractivity contribution in [1.29, 1.82) is 0 Å². The zero-order chi connectivity index (χ0) is 12.3. The molecule has 1 aromatic heterocycles. The van der Waals surface area contributed by atoms with Crippen molar-refractivity contribution < 1.29 is 9.18 Å². The number of hydrogen-bond donors (Lipinski definition) is 1. The van der Waals surface area contributed by atoms with Crippen molar-refractivity contribution >= 4 is 11.6 Å². The van der Waals surface area contributed by atoms with E-state index in [1.807, 2.05) is 6.92 Å². The summed E-state index contributed by atoms with van der Waals surface area (Å²) in [6.07, 6.45) is 6.33. The quantitative estimate of drug-likeness (QED) is 0.819. The van der Waals surface area contributed by atoms with Gasteiger partial charge in [-0.25, -0.2) is 4.98 Å². The maximum atomic E-state index is 12.6. The van der Waals surface area contributed by atoms with E-state index >= 15 is 0 Å². The minimum absolute atomic E-state index is 0.0471. The van der Waals surface area contributed by atoms with Crippen LogP contribution in [-0.2, 0) is 4.79 Å². The zero-order valence-electron chi connectivity index (χ0n) is 10.0. The zero-order valence-corrected chi connectivity index (χ0v) is 10.0. The topological polar surface area (TPSA) is 42.0 Å². The smallest absolute Gasteiger partial charge is 0.230 e. The summed E-state index contributed by atoms with van der Waals surface area (Å²) >= 11 is 0. The number of nitrogens with zero attached hydrogens (tertiary/aromatic N) is 1. The van der Waals surface area contributed by atoms with Gasteiger partial charge in [-0.05, 0) is 31.4 Å². The lowest BCUT2D eigenvalue weighted by Crippen LogP contribution is -2.33. The number of carbonyl (C=O) groups is 1. The van der Waals surface area contributed by atoms with Gasteiger partial charge in [0, 0.05) is 5.41 Å². The van der Waals surface area contributed by atoms with Crippen LogP contribution in [0.2, 0.25) is 0 Å². The van der Waals surface area contributed by atoms with Crippen molar-refractivity contribution in [3.63, 3.8) is 0 Å². The maximum absolute atomic E-state index is 12.6. The first-order valence-corrected chi connectivity index (χ1v) is 6.09. The van der Waals surface area contributed by atoms with Crippen LogP contribution in [-0.4, -0.2) is 10.9 Å². The Balaban J connectivity index is 2.08. The van der Waals surface area contributed by atoms with E-state index in [4.69, 9.17) is 0 Å². The minimum atomic E-state index is -0.533. The summed E-state index contributed by atoms with van der Waals surface area (Å²) in [6, 6.07) is 2.79. The standard InChI is InChI=1S/C13H17FN2O/c1-2-13(7-3-4-8-13)12(17)16-10-5-6-11(14)15-9-10/h5-6,9H,2-4,7-8H2,1H3,(H,16,17). The van der Waals surface area contributed by atoms with Gasteiger partial charge in [0.15, 0.2) is 0 Å². The van der Waals surface area contributed by atoms with E-state index in [1.54, 1.807) is 6.07 Å². The maximum Gasteiger partial charge on any atom is 0.230 e. The Morgan fingerprint density at radius 2 is 2.18 bits per heavy atom. The molecule has 0 saturated heterocycles. The van der Waals surface area contributed by atoms with Gasteiger partial charge in [0.05, 0.1) is 11.9 Å². The molecule has 1 aliphatic rings. The molecule has 0 aromatic carbocycles. The molecular formula is C13H17FN2O. The number of carbonyl (C=O) groups excluding carboxylic acids is 1. The van der Waals surface area contributed by atoms with Crippen molar-refractivity contribution in [2.24, 2.45) is 5.41 Å². The fourth-order valence-corrected chi connectivity index (χ4v) is 2.51. The van der Waals surface area contributed by atoms with Gasteiger partial charge in [0.2, 0.25) is 11.9 Å². The number of hydrogen-bond acceptors (Lipinski definition) is 2. The van der Waals surface area contributed by atoms with E-state index in [0.717, 1.165) is 32.1 Å². The average molecular weight is 236 g/mol. The van der Waals surface area contributed by atoms with Crippen LogP contribution in [0.5, 0.6) is 0 Å². The van der Waals surface area contributed by atoms with Crippen molar-refractivity contribution in [3.05, 3.63) is 24.3 Å². The first-order valence-electron chi connectivity index (χ1n) is 6.09. The Labute approximate surface area is 100 Å². The number of amides is 1. The van der Waals surface area contributed by atoms with Crippen LogP contribution < -0.4 is 5.32 Å². The fourth-order valence-electron chi connectivity index (χ4n) is 2.51. The third-order valence-corrected chi connectivity index (χ3v) is 3.70. The third-order valence-electron chi connectivity index (χ3n) is 3.70. The highest BCUT2D eigenvalue weighted by molar-refractivity contribution is 5.95. The van der Waals surface area contributed by atoms with Crippen molar-refractivity contribution in [2.45, 2.75) is 39.0 Å². The third kappa shape index (κ3) is 2.46. The Morgan fingerprint density at radius 3 is 2.71 bits per heavy atom. The molecule has 0 unspecified atom stereocenters. The first kappa shape index (κ1) is 12.0. The van der Waals surface area contributed by atoms with Gasteiger partial charge in [-0.15, -0.1) is 0 Å². The Kier molecular flexibility index (Phi) is 3.41. The van der Waals surface area contributed by atoms with Gasteiger partial charge in [-0.3, -0.25) is 4.79 Å². The highest BCUT2D eigenvalue weighted by Crippen LogP contribution is 2.41. The van der Waals surface area contributed by atoms with Crippen molar-refractivity contribution in [2.75, 3.05) is 5.32 Å². The van der Waals surface area contributed by atoms with E-state index in [1.165, 1.54) is 12.3 Å². The molecule has 1 N–H and O–H groups in total. The molecule has 92 valence electrons. The lowest BCUT2D eigenvalue weighted by molar-refractivity contribution is -0.125. The van der Waals surface area contributed by atoms with E-state index in [-0.39, 0.29) is 11.3 Å². The van der Waals surface area contributed by atoms with Crippen LogP contribution in [0.15, 0.2) is 18.3 Å². The molecule has 1 fully saturated rings. The summed E-state index contributed by atoms with van der Waals surface area (Å²) in [6.45, 7) is 2.05. The molecule has 0 atom stereocenters. The lowest BCUT2D eigenvalue weighted by atomic mass is 9.82. The van der Waals surface area contributed by atoms with Gasteiger partial charge < -0.3 is 5.32 Å². The van der Waals surface area contributed by atoms with Gasteiger partial charge >= 0.3 is 0 Å².